The summed E-state index contributed by atoms with van der Waals surface area (Å²) in [5.74, 6) is -2.80. The van der Waals surface area contributed by atoms with Crippen LogP contribution in [0.25, 0.3) is 0 Å². The lowest BCUT2D eigenvalue weighted by Gasteiger charge is -2.37. The molecule has 0 radical (unpaired) electrons. The van der Waals surface area contributed by atoms with E-state index < -0.39 is 22.0 Å². The number of sulfonamides is 1. The number of carbonyl (C=O) groups is 1. The van der Waals surface area contributed by atoms with Crippen molar-refractivity contribution < 1.29 is 26.7 Å². The number of aryl methyl sites for hydroxylation is 1. The molecule has 1 aromatic heterocycles. The van der Waals surface area contributed by atoms with Crippen molar-refractivity contribution >= 4 is 15.9 Å². The van der Waals surface area contributed by atoms with Crippen LogP contribution in [-0.4, -0.2) is 66.7 Å². The van der Waals surface area contributed by atoms with Gasteiger partial charge in [-0.15, -0.1) is 0 Å². The fraction of sp³-hybridized carbons (Fsp3) is 0.727. The van der Waals surface area contributed by atoms with Crippen molar-refractivity contribution in [1.29, 1.82) is 0 Å². The summed E-state index contributed by atoms with van der Waals surface area (Å²) in [6.07, 6.45) is 0.856. The number of hydrogen-bond donors (Lipinski definition) is 0. The van der Waals surface area contributed by atoms with E-state index in [0.717, 1.165) is 0 Å². The fourth-order valence-electron chi connectivity index (χ4n) is 4.29. The minimum Gasteiger partial charge on any atom is -0.476 e. The van der Waals surface area contributed by atoms with E-state index in [1.165, 1.54) is 15.3 Å². The Labute approximate surface area is 189 Å². The second-order valence-electron chi connectivity index (χ2n) is 9.27. The van der Waals surface area contributed by atoms with Crippen LogP contribution in [-0.2, 0) is 14.8 Å². The predicted molar refractivity (Wildman–Crippen MR) is 116 cm³/mol. The van der Waals surface area contributed by atoms with Crippen LogP contribution in [0.1, 0.15) is 58.1 Å². The predicted octanol–water partition coefficient (Wildman–Crippen LogP) is 3.61. The highest BCUT2D eigenvalue weighted by Crippen LogP contribution is 2.36. The van der Waals surface area contributed by atoms with Gasteiger partial charge in [0, 0.05) is 38.2 Å². The van der Waals surface area contributed by atoms with Crippen LogP contribution >= 0.6 is 0 Å². The summed E-state index contributed by atoms with van der Waals surface area (Å²) in [6.45, 7) is 6.19. The molecule has 1 saturated carbocycles. The molecule has 0 unspecified atom stereocenters. The molecule has 0 aromatic carbocycles. The van der Waals surface area contributed by atoms with Gasteiger partial charge in [0.25, 0.3) is 0 Å². The first-order valence-electron chi connectivity index (χ1n) is 11.2. The number of pyridine rings is 1. The van der Waals surface area contributed by atoms with Crippen molar-refractivity contribution in [2.75, 3.05) is 20.2 Å². The van der Waals surface area contributed by atoms with Crippen molar-refractivity contribution in [3.63, 3.8) is 0 Å². The molecule has 1 amide bonds. The van der Waals surface area contributed by atoms with E-state index >= 15 is 0 Å². The van der Waals surface area contributed by atoms with Crippen LogP contribution < -0.4 is 4.74 Å². The van der Waals surface area contributed by atoms with Gasteiger partial charge in [-0.2, -0.15) is 4.31 Å². The van der Waals surface area contributed by atoms with Crippen LogP contribution in [0.2, 0.25) is 0 Å². The van der Waals surface area contributed by atoms with E-state index in [4.69, 9.17) is 4.74 Å². The Kier molecular flexibility index (Phi) is 7.44. The van der Waals surface area contributed by atoms with Gasteiger partial charge in [-0.1, -0.05) is 13.8 Å². The molecule has 2 heterocycles. The number of hydrogen-bond acceptors (Lipinski definition) is 5. The standard InChI is InChI=1S/C22H33F2N3O4S/c1-15(2)14-31-20-19(8-7-16(3)25-20)32(29,30)27-13-5-6-18(27)21(28)26(4)17-9-11-22(23,24)12-10-17/h7-8,15,17-18H,5-6,9-14H2,1-4H3/t18-/m0/s1. The van der Waals surface area contributed by atoms with E-state index in [9.17, 15) is 22.0 Å². The Morgan fingerprint density at radius 2 is 1.94 bits per heavy atom. The van der Waals surface area contributed by atoms with E-state index in [0.29, 0.717) is 25.1 Å². The zero-order valence-corrected chi connectivity index (χ0v) is 20.0. The minimum absolute atomic E-state index is 0.0414. The summed E-state index contributed by atoms with van der Waals surface area (Å²) in [7, 11) is -2.45. The molecule has 1 aromatic rings. The summed E-state index contributed by atoms with van der Waals surface area (Å²) in [4.78, 5) is 18.9. The highest BCUT2D eigenvalue weighted by molar-refractivity contribution is 7.89. The SMILES string of the molecule is Cc1ccc(S(=O)(=O)N2CCC[C@H]2C(=O)N(C)C2CCC(F)(F)CC2)c(OCC(C)C)n1. The first-order valence-corrected chi connectivity index (χ1v) is 12.6. The Balaban J connectivity index is 1.82. The second kappa shape index (κ2) is 9.59. The van der Waals surface area contributed by atoms with Gasteiger partial charge in [0.1, 0.15) is 10.9 Å². The Bertz CT molecular complexity index is 929. The summed E-state index contributed by atoms with van der Waals surface area (Å²) >= 11 is 0. The average molecular weight is 474 g/mol. The van der Waals surface area contributed by atoms with Crippen LogP contribution in [0, 0.1) is 12.8 Å². The van der Waals surface area contributed by atoms with Crippen LogP contribution in [0.3, 0.4) is 0 Å². The van der Waals surface area contributed by atoms with Crippen molar-refractivity contribution in [3.05, 3.63) is 17.8 Å². The number of rotatable bonds is 7. The first-order chi connectivity index (χ1) is 14.9. The van der Waals surface area contributed by atoms with Crippen LogP contribution in [0.4, 0.5) is 8.78 Å². The molecule has 2 aliphatic rings. The number of amides is 1. The molecule has 7 nitrogen and oxygen atoms in total. The molecule has 2 fully saturated rings. The molecule has 1 aliphatic carbocycles. The molecule has 1 atom stereocenters. The first kappa shape index (κ1) is 24.8. The third-order valence-electron chi connectivity index (χ3n) is 6.18. The third-order valence-corrected chi connectivity index (χ3v) is 8.10. The highest BCUT2D eigenvalue weighted by atomic mass is 32.2. The minimum atomic E-state index is -4.03. The van der Waals surface area contributed by atoms with E-state index in [-0.39, 0.29) is 60.9 Å². The maximum atomic E-state index is 13.5. The number of carbonyl (C=O) groups excluding carboxylic acids is 1. The van der Waals surface area contributed by atoms with Crippen molar-refractivity contribution in [2.24, 2.45) is 5.92 Å². The van der Waals surface area contributed by atoms with Crippen molar-refractivity contribution in [2.45, 2.75) is 82.2 Å². The second-order valence-corrected chi connectivity index (χ2v) is 11.1. The normalized spacial score (nSPS) is 22.3. The molecule has 180 valence electrons. The average Bonchev–Trinajstić information content (AvgIpc) is 3.22. The molecule has 3 rings (SSSR count). The van der Waals surface area contributed by atoms with Gasteiger partial charge >= 0.3 is 0 Å². The zero-order chi connectivity index (χ0) is 23.7. The van der Waals surface area contributed by atoms with Gasteiger partial charge < -0.3 is 9.64 Å². The lowest BCUT2D eigenvalue weighted by molar-refractivity contribution is -0.138. The Morgan fingerprint density at radius 1 is 1.28 bits per heavy atom. The summed E-state index contributed by atoms with van der Waals surface area (Å²) in [5, 5.41) is 0. The number of nitrogens with zero attached hydrogens (tertiary/aromatic N) is 3. The maximum Gasteiger partial charge on any atom is 0.249 e. The van der Waals surface area contributed by atoms with Crippen LogP contribution in [0.15, 0.2) is 17.0 Å². The Hall–Kier alpha value is -1.81. The number of likely N-dealkylation sites (N-methyl/N-ethyl adjacent to an activating group) is 1. The number of halogens is 2. The summed E-state index contributed by atoms with van der Waals surface area (Å²) in [5.41, 5.74) is 0.630. The van der Waals surface area contributed by atoms with E-state index in [1.807, 2.05) is 13.8 Å². The van der Waals surface area contributed by atoms with Gasteiger partial charge in [0.15, 0.2) is 0 Å². The van der Waals surface area contributed by atoms with Crippen molar-refractivity contribution in [1.82, 2.24) is 14.2 Å². The molecule has 1 aliphatic heterocycles. The van der Waals surface area contributed by atoms with Gasteiger partial charge in [0.2, 0.25) is 27.7 Å². The summed E-state index contributed by atoms with van der Waals surface area (Å²) < 4.78 is 61.1. The van der Waals surface area contributed by atoms with Gasteiger partial charge in [0.05, 0.1) is 6.61 Å². The lowest BCUT2D eigenvalue weighted by atomic mass is 9.91. The van der Waals surface area contributed by atoms with E-state index in [1.54, 1.807) is 20.0 Å². The third kappa shape index (κ3) is 5.39. The molecule has 0 N–H and O–H groups in total. The Morgan fingerprint density at radius 3 is 2.56 bits per heavy atom. The largest absolute Gasteiger partial charge is 0.476 e. The molecule has 0 spiro atoms. The van der Waals surface area contributed by atoms with Gasteiger partial charge in [-0.05, 0) is 50.7 Å². The smallest absolute Gasteiger partial charge is 0.249 e. The monoisotopic (exact) mass is 473 g/mol. The highest BCUT2D eigenvalue weighted by Gasteiger charge is 2.44. The molecular weight excluding hydrogens is 440 g/mol. The maximum absolute atomic E-state index is 13.5. The molecule has 32 heavy (non-hydrogen) atoms. The van der Waals surface area contributed by atoms with Crippen LogP contribution in [0.5, 0.6) is 5.88 Å². The van der Waals surface area contributed by atoms with Gasteiger partial charge in [-0.25, -0.2) is 22.2 Å². The van der Waals surface area contributed by atoms with Gasteiger partial charge in [-0.3, -0.25) is 4.79 Å². The lowest BCUT2D eigenvalue weighted by Crippen LogP contribution is -2.50. The molecule has 1 saturated heterocycles. The number of aromatic nitrogens is 1. The van der Waals surface area contributed by atoms with Crippen molar-refractivity contribution in [3.8, 4) is 5.88 Å². The zero-order valence-electron chi connectivity index (χ0n) is 19.2. The fourth-order valence-corrected chi connectivity index (χ4v) is 6.01. The topological polar surface area (TPSA) is 79.8 Å². The summed E-state index contributed by atoms with van der Waals surface area (Å²) in [6, 6.07) is 1.92. The molecule has 10 heteroatoms. The van der Waals surface area contributed by atoms with E-state index in [2.05, 4.69) is 4.98 Å². The molecular formula is C22H33F2N3O4S. The quantitative estimate of drug-likeness (QED) is 0.604. The molecule has 0 bridgehead atoms. The number of ether oxygens (including phenoxy) is 1. The number of alkyl halides is 2.